The third-order valence-corrected chi connectivity index (χ3v) is 9.43. The van der Waals surface area contributed by atoms with E-state index in [9.17, 15) is 14.7 Å². The molecule has 2 aliphatic carbocycles. The Morgan fingerprint density at radius 2 is 1.81 bits per heavy atom. The van der Waals surface area contributed by atoms with Crippen molar-refractivity contribution in [2.75, 3.05) is 4.90 Å². The summed E-state index contributed by atoms with van der Waals surface area (Å²) in [5, 5.41) is 18.4. The van der Waals surface area contributed by atoms with Crippen molar-refractivity contribution in [1.29, 1.82) is 0 Å². The summed E-state index contributed by atoms with van der Waals surface area (Å²) in [5.74, 6) is 6.79. The fourth-order valence-corrected chi connectivity index (χ4v) is 7.13. The molecule has 0 atom stereocenters. The number of nitrogens with zero attached hydrogens (tertiary/aromatic N) is 3. The van der Waals surface area contributed by atoms with Crippen molar-refractivity contribution < 1.29 is 14.7 Å². The van der Waals surface area contributed by atoms with Gasteiger partial charge in [-0.1, -0.05) is 30.5 Å². The van der Waals surface area contributed by atoms with Crippen LogP contribution in [0.25, 0.3) is 0 Å². The summed E-state index contributed by atoms with van der Waals surface area (Å²) >= 11 is 2.89. The normalized spacial score (nSPS) is 24.2. The number of anilines is 1. The molecule has 0 unspecified atom stereocenters. The molecular weight excluding hydrogens is 504 g/mol. The molecule has 4 rings (SSSR count). The van der Waals surface area contributed by atoms with E-state index in [0.717, 1.165) is 62.3 Å². The van der Waals surface area contributed by atoms with Gasteiger partial charge >= 0.3 is 5.97 Å². The molecule has 2 saturated carbocycles. The lowest BCUT2D eigenvalue weighted by Crippen LogP contribution is -2.46. The third-order valence-electron chi connectivity index (χ3n) is 7.19. The second kappa shape index (κ2) is 11.6. The first-order valence-electron chi connectivity index (χ1n) is 13.3. The number of carboxylic acid groups (broad SMARTS) is 1. The Balaban J connectivity index is 1.61. The Labute approximate surface area is 228 Å². The van der Waals surface area contributed by atoms with Crippen LogP contribution in [0.4, 0.5) is 5.69 Å². The van der Waals surface area contributed by atoms with Crippen LogP contribution < -0.4 is 4.90 Å². The highest BCUT2D eigenvalue weighted by atomic mass is 32.2. The molecule has 7 nitrogen and oxygen atoms in total. The lowest BCUT2D eigenvalue weighted by Gasteiger charge is -2.39. The molecule has 2 fully saturated rings. The number of aromatic amines is 1. The summed E-state index contributed by atoms with van der Waals surface area (Å²) in [5.41, 5.74) is 0.334. The quantitative estimate of drug-likeness (QED) is 0.403. The lowest BCUT2D eigenvalue weighted by atomic mass is 9.81. The molecule has 2 aromatic rings. The first-order valence-corrected chi connectivity index (χ1v) is 15.0. The van der Waals surface area contributed by atoms with Crippen molar-refractivity contribution >= 4 is 40.7 Å². The van der Waals surface area contributed by atoms with E-state index in [-0.39, 0.29) is 28.2 Å². The molecule has 200 valence electrons. The van der Waals surface area contributed by atoms with Gasteiger partial charge in [-0.25, -0.2) is 9.78 Å². The monoisotopic (exact) mass is 542 g/mol. The zero-order valence-corrected chi connectivity index (χ0v) is 24.1. The topological polar surface area (TPSA) is 99.2 Å². The van der Waals surface area contributed by atoms with Crippen LogP contribution in [0.5, 0.6) is 0 Å². The van der Waals surface area contributed by atoms with Gasteiger partial charge in [0.05, 0.1) is 10.6 Å². The van der Waals surface area contributed by atoms with E-state index in [1.165, 1.54) is 11.3 Å². The maximum atomic E-state index is 14.1. The van der Waals surface area contributed by atoms with Crippen LogP contribution in [0.15, 0.2) is 11.2 Å². The van der Waals surface area contributed by atoms with Crippen LogP contribution in [0, 0.1) is 36.0 Å². The van der Waals surface area contributed by atoms with Gasteiger partial charge in [0.1, 0.15) is 10.7 Å². The van der Waals surface area contributed by atoms with E-state index in [1.54, 1.807) is 11.8 Å². The van der Waals surface area contributed by atoms with E-state index in [1.807, 2.05) is 38.7 Å². The number of H-pyrrole nitrogens is 1. The number of aromatic nitrogens is 3. The summed E-state index contributed by atoms with van der Waals surface area (Å²) in [4.78, 5) is 33.6. The second-order valence-corrected chi connectivity index (χ2v) is 13.9. The highest BCUT2D eigenvalue weighted by Crippen LogP contribution is 2.40. The van der Waals surface area contributed by atoms with Gasteiger partial charge in [0, 0.05) is 22.6 Å². The number of carbonyl (C=O) groups excluding carboxylic acids is 1. The molecule has 0 bridgehead atoms. The molecule has 0 saturated heterocycles. The zero-order chi connectivity index (χ0) is 26.7. The van der Waals surface area contributed by atoms with Crippen molar-refractivity contribution in [2.24, 2.45) is 17.3 Å². The average molecular weight is 543 g/mol. The molecular formula is C28H38N4O3S2. The van der Waals surface area contributed by atoms with Crippen molar-refractivity contribution in [3.63, 3.8) is 0 Å². The average Bonchev–Trinajstić information content (AvgIpc) is 3.45. The number of thiophene rings is 1. The van der Waals surface area contributed by atoms with E-state index in [0.29, 0.717) is 21.7 Å². The molecule has 2 aliphatic rings. The molecule has 2 aromatic heterocycles. The molecule has 0 aromatic carbocycles. The highest BCUT2D eigenvalue weighted by Gasteiger charge is 2.37. The van der Waals surface area contributed by atoms with Crippen LogP contribution in [-0.2, 0) is 4.79 Å². The Morgan fingerprint density at radius 3 is 2.38 bits per heavy atom. The van der Waals surface area contributed by atoms with Crippen LogP contribution in [0.1, 0.15) is 99.4 Å². The summed E-state index contributed by atoms with van der Waals surface area (Å²) < 4.78 is 0. The van der Waals surface area contributed by atoms with Gasteiger partial charge in [0.15, 0.2) is 5.16 Å². The number of rotatable bonds is 6. The number of nitrogens with one attached hydrogen (secondary N) is 1. The number of aryl methyl sites for hydroxylation is 1. The molecule has 0 aliphatic heterocycles. The third kappa shape index (κ3) is 7.17. The van der Waals surface area contributed by atoms with E-state index in [2.05, 4.69) is 33.9 Å². The van der Waals surface area contributed by atoms with E-state index in [4.69, 9.17) is 0 Å². The SMILES string of the molecule is Cc1n[nH]c(S[C@H]2CC[C@H](N(c3cc(C#CC(C)(C)C)sc3C(=O)O)C(=O)[C@H]3CC[C@H](C)CC3)CC2)n1. The Morgan fingerprint density at radius 1 is 1.14 bits per heavy atom. The van der Waals surface area contributed by atoms with E-state index >= 15 is 0 Å². The zero-order valence-electron chi connectivity index (χ0n) is 22.5. The predicted octanol–water partition coefficient (Wildman–Crippen LogP) is 6.53. The standard InChI is InChI=1S/C28H38N4O3S2/c1-17-6-8-19(9-7-17)25(33)32(20-10-12-21(13-11-20)37-27-29-18(2)30-31-27)23-16-22(14-15-28(3,4)5)36-24(23)26(34)35/h16-17,19-21H,6-13H2,1-5H3,(H,34,35)(H,29,30,31)/t17-,19-,20-,21-. The molecule has 2 heterocycles. The molecule has 0 radical (unpaired) electrons. The predicted molar refractivity (Wildman–Crippen MR) is 149 cm³/mol. The Bertz CT molecular complexity index is 1170. The Hall–Kier alpha value is -2.31. The first kappa shape index (κ1) is 27.7. The number of amides is 1. The minimum atomic E-state index is -0.996. The van der Waals surface area contributed by atoms with Gasteiger partial charge in [0.2, 0.25) is 5.91 Å². The fourth-order valence-electron chi connectivity index (χ4n) is 5.18. The van der Waals surface area contributed by atoms with Crippen molar-refractivity contribution in [3.05, 3.63) is 21.6 Å². The highest BCUT2D eigenvalue weighted by molar-refractivity contribution is 7.99. The van der Waals surface area contributed by atoms with Crippen LogP contribution in [0.3, 0.4) is 0 Å². The molecule has 9 heteroatoms. The van der Waals surface area contributed by atoms with Gasteiger partial charge in [-0.2, -0.15) is 5.10 Å². The van der Waals surface area contributed by atoms with Crippen LogP contribution >= 0.6 is 23.1 Å². The van der Waals surface area contributed by atoms with Crippen LogP contribution in [-0.4, -0.2) is 43.5 Å². The van der Waals surface area contributed by atoms with Crippen LogP contribution in [0.2, 0.25) is 0 Å². The largest absolute Gasteiger partial charge is 0.477 e. The second-order valence-electron chi connectivity index (χ2n) is 11.5. The van der Waals surface area contributed by atoms with Gasteiger partial charge in [0.25, 0.3) is 0 Å². The molecule has 37 heavy (non-hydrogen) atoms. The van der Waals surface area contributed by atoms with Gasteiger partial charge in [-0.05, 0) is 91.0 Å². The Kier molecular flexibility index (Phi) is 8.70. The lowest BCUT2D eigenvalue weighted by molar-refractivity contribution is -0.124. The number of carboxylic acids is 1. The minimum absolute atomic E-state index is 0.0173. The van der Waals surface area contributed by atoms with Crippen molar-refractivity contribution in [1.82, 2.24) is 15.2 Å². The number of hydrogen-bond acceptors (Lipinski definition) is 6. The maximum absolute atomic E-state index is 14.1. The van der Waals surface area contributed by atoms with Gasteiger partial charge < -0.3 is 10.0 Å². The first-order chi connectivity index (χ1) is 17.5. The number of hydrogen-bond donors (Lipinski definition) is 2. The summed E-state index contributed by atoms with van der Waals surface area (Å²) in [6.07, 6.45) is 7.36. The van der Waals surface area contributed by atoms with Crippen molar-refractivity contribution in [3.8, 4) is 11.8 Å². The van der Waals surface area contributed by atoms with Gasteiger partial charge in [-0.15, -0.1) is 11.3 Å². The summed E-state index contributed by atoms with van der Waals surface area (Å²) in [6, 6.07) is 1.82. The number of aromatic carboxylic acids is 1. The van der Waals surface area contributed by atoms with E-state index < -0.39 is 5.97 Å². The fraction of sp³-hybridized carbons (Fsp3) is 0.643. The minimum Gasteiger partial charge on any atom is -0.477 e. The molecule has 0 spiro atoms. The summed E-state index contributed by atoms with van der Waals surface area (Å²) in [6.45, 7) is 10.2. The number of carbonyl (C=O) groups is 2. The smallest absolute Gasteiger partial charge is 0.348 e. The van der Waals surface area contributed by atoms with Crippen molar-refractivity contribution in [2.45, 2.75) is 102 Å². The number of thioether (sulfide) groups is 1. The maximum Gasteiger partial charge on any atom is 0.348 e. The summed E-state index contributed by atoms with van der Waals surface area (Å²) in [7, 11) is 0. The molecule has 1 amide bonds. The molecule has 2 N–H and O–H groups in total. The van der Waals surface area contributed by atoms with Gasteiger partial charge in [-0.3, -0.25) is 9.89 Å².